The molecule has 0 amide bonds. The molecule has 0 saturated heterocycles. The molecule has 112 valence electrons. The normalized spacial score (nSPS) is 16.5. The lowest BCUT2D eigenvalue weighted by Crippen LogP contribution is -2.21. The topological polar surface area (TPSA) is 77.9 Å². The van der Waals surface area contributed by atoms with Gasteiger partial charge in [0.15, 0.2) is 11.5 Å². The average Bonchev–Trinajstić information content (AvgIpc) is 2.94. The number of furan rings is 1. The lowest BCUT2D eigenvalue weighted by atomic mass is 9.90. The second kappa shape index (κ2) is 5.79. The number of aliphatic hydroxyl groups excluding tert-OH is 1. The molecule has 1 aromatic carbocycles. The van der Waals surface area contributed by atoms with Crippen LogP contribution >= 0.6 is 0 Å². The van der Waals surface area contributed by atoms with Crippen molar-refractivity contribution in [3.63, 3.8) is 0 Å². The third-order valence-corrected chi connectivity index (χ3v) is 3.72. The molecule has 0 aliphatic carbocycles. The molecular formula is C16H19NO4. The lowest BCUT2D eigenvalue weighted by molar-refractivity contribution is 0.145. The van der Waals surface area contributed by atoms with Crippen LogP contribution in [0.1, 0.15) is 28.9 Å². The van der Waals surface area contributed by atoms with Crippen LogP contribution in [-0.2, 0) is 0 Å². The van der Waals surface area contributed by atoms with Crippen LogP contribution in [0.3, 0.4) is 0 Å². The van der Waals surface area contributed by atoms with Crippen molar-refractivity contribution in [1.29, 1.82) is 0 Å². The van der Waals surface area contributed by atoms with Crippen LogP contribution in [0, 0.1) is 6.92 Å². The number of aryl methyl sites for hydroxylation is 1. The largest absolute Gasteiger partial charge is 0.486 e. The van der Waals surface area contributed by atoms with Crippen LogP contribution in [0.5, 0.6) is 11.5 Å². The van der Waals surface area contributed by atoms with E-state index in [1.807, 2.05) is 31.2 Å². The van der Waals surface area contributed by atoms with E-state index in [-0.39, 0.29) is 5.92 Å². The highest BCUT2D eigenvalue weighted by atomic mass is 16.6. The Morgan fingerprint density at radius 2 is 1.90 bits per heavy atom. The quantitative estimate of drug-likeness (QED) is 0.901. The molecular weight excluding hydrogens is 270 g/mol. The van der Waals surface area contributed by atoms with Crippen LogP contribution < -0.4 is 15.2 Å². The number of nitrogens with two attached hydrogens (primary N) is 1. The van der Waals surface area contributed by atoms with Crippen LogP contribution in [0.2, 0.25) is 0 Å². The van der Waals surface area contributed by atoms with Crippen molar-refractivity contribution in [2.45, 2.75) is 18.9 Å². The van der Waals surface area contributed by atoms with E-state index < -0.39 is 6.10 Å². The second-order valence-electron chi connectivity index (χ2n) is 5.18. The van der Waals surface area contributed by atoms with E-state index in [1.165, 1.54) is 0 Å². The van der Waals surface area contributed by atoms with Crippen molar-refractivity contribution >= 4 is 0 Å². The Labute approximate surface area is 123 Å². The average molecular weight is 289 g/mol. The minimum atomic E-state index is -0.713. The van der Waals surface area contributed by atoms with Crippen molar-refractivity contribution in [1.82, 2.24) is 0 Å². The first kappa shape index (κ1) is 14.0. The Kier molecular flexibility index (Phi) is 3.86. The fourth-order valence-electron chi connectivity index (χ4n) is 2.59. The summed E-state index contributed by atoms with van der Waals surface area (Å²) in [6.45, 7) is 3.26. The van der Waals surface area contributed by atoms with Gasteiger partial charge in [0.05, 0.1) is 12.4 Å². The predicted octanol–water partition coefficient (Wildman–Crippen LogP) is 2.14. The maximum absolute atomic E-state index is 10.5. The number of hydrogen-bond donors (Lipinski definition) is 2. The number of ether oxygens (including phenoxy) is 2. The van der Waals surface area contributed by atoms with Crippen LogP contribution in [0.4, 0.5) is 0 Å². The molecule has 0 radical (unpaired) electrons. The maximum atomic E-state index is 10.5. The second-order valence-corrected chi connectivity index (χ2v) is 5.18. The SMILES string of the molecule is Cc1cc(C(O)C(CN)c2ccc3c(c2)OCCO3)co1. The highest BCUT2D eigenvalue weighted by Crippen LogP contribution is 2.37. The van der Waals surface area contributed by atoms with E-state index in [0.717, 1.165) is 22.6 Å². The fraction of sp³-hybridized carbons (Fsp3) is 0.375. The van der Waals surface area contributed by atoms with Gasteiger partial charge in [0.25, 0.3) is 0 Å². The van der Waals surface area contributed by atoms with E-state index >= 15 is 0 Å². The van der Waals surface area contributed by atoms with Gasteiger partial charge in [-0.05, 0) is 30.7 Å². The minimum absolute atomic E-state index is 0.224. The molecule has 1 aliphatic rings. The van der Waals surface area contributed by atoms with E-state index in [0.29, 0.717) is 25.5 Å². The van der Waals surface area contributed by atoms with E-state index in [4.69, 9.17) is 19.6 Å². The molecule has 3 N–H and O–H groups in total. The van der Waals surface area contributed by atoms with Gasteiger partial charge >= 0.3 is 0 Å². The smallest absolute Gasteiger partial charge is 0.161 e. The highest BCUT2D eigenvalue weighted by molar-refractivity contribution is 5.45. The predicted molar refractivity (Wildman–Crippen MR) is 77.6 cm³/mol. The zero-order valence-electron chi connectivity index (χ0n) is 11.9. The Balaban J connectivity index is 1.89. The number of aliphatic hydroxyl groups is 1. The van der Waals surface area contributed by atoms with Gasteiger partial charge in [-0.3, -0.25) is 0 Å². The van der Waals surface area contributed by atoms with Crippen molar-refractivity contribution < 1.29 is 19.0 Å². The standard InChI is InChI=1S/C16H19NO4/c1-10-6-12(9-21-10)16(18)13(8-17)11-2-3-14-15(7-11)20-5-4-19-14/h2-3,6-7,9,13,16,18H,4-5,8,17H2,1H3. The zero-order valence-corrected chi connectivity index (χ0v) is 11.9. The molecule has 2 aromatic rings. The van der Waals surface area contributed by atoms with Crippen molar-refractivity contribution in [2.24, 2.45) is 5.73 Å². The maximum Gasteiger partial charge on any atom is 0.161 e. The summed E-state index contributed by atoms with van der Waals surface area (Å²) in [6, 6.07) is 7.49. The Hall–Kier alpha value is -1.98. The molecule has 5 heteroatoms. The van der Waals surface area contributed by atoms with Crippen molar-refractivity contribution in [2.75, 3.05) is 19.8 Å². The third kappa shape index (κ3) is 2.75. The van der Waals surface area contributed by atoms with Gasteiger partial charge in [-0.15, -0.1) is 0 Å². The molecule has 1 aliphatic heterocycles. The fourth-order valence-corrected chi connectivity index (χ4v) is 2.59. The van der Waals surface area contributed by atoms with E-state index in [9.17, 15) is 5.11 Å². The van der Waals surface area contributed by atoms with Gasteiger partial charge in [0.2, 0.25) is 0 Å². The molecule has 0 bridgehead atoms. The summed E-state index contributed by atoms with van der Waals surface area (Å²) in [7, 11) is 0. The van der Waals surface area contributed by atoms with Crippen molar-refractivity contribution in [3.05, 3.63) is 47.4 Å². The molecule has 3 rings (SSSR count). The van der Waals surface area contributed by atoms with E-state index in [2.05, 4.69) is 0 Å². The van der Waals surface area contributed by atoms with Gasteiger partial charge in [-0.2, -0.15) is 0 Å². The van der Waals surface area contributed by atoms with Gasteiger partial charge in [-0.25, -0.2) is 0 Å². The van der Waals surface area contributed by atoms with Crippen LogP contribution in [0.25, 0.3) is 0 Å². The molecule has 0 spiro atoms. The molecule has 2 atom stereocenters. The van der Waals surface area contributed by atoms with Gasteiger partial charge in [0.1, 0.15) is 19.0 Å². The number of benzene rings is 1. The first-order chi connectivity index (χ1) is 10.2. The first-order valence-electron chi connectivity index (χ1n) is 7.01. The van der Waals surface area contributed by atoms with Crippen LogP contribution in [-0.4, -0.2) is 24.9 Å². The minimum Gasteiger partial charge on any atom is -0.486 e. The Bertz CT molecular complexity index is 622. The molecule has 21 heavy (non-hydrogen) atoms. The van der Waals surface area contributed by atoms with Crippen LogP contribution in [0.15, 0.2) is 34.9 Å². The summed E-state index contributed by atoms with van der Waals surface area (Å²) in [6.07, 6.45) is 0.857. The Morgan fingerprint density at radius 3 is 2.57 bits per heavy atom. The number of hydrogen-bond acceptors (Lipinski definition) is 5. The number of rotatable bonds is 4. The highest BCUT2D eigenvalue weighted by Gasteiger charge is 2.24. The Morgan fingerprint density at radius 1 is 1.14 bits per heavy atom. The third-order valence-electron chi connectivity index (χ3n) is 3.72. The summed E-state index contributed by atoms with van der Waals surface area (Å²) < 4.78 is 16.4. The lowest BCUT2D eigenvalue weighted by Gasteiger charge is -2.24. The van der Waals surface area contributed by atoms with Crippen molar-refractivity contribution in [3.8, 4) is 11.5 Å². The molecule has 0 saturated carbocycles. The monoisotopic (exact) mass is 289 g/mol. The summed E-state index contributed by atoms with van der Waals surface area (Å²) in [5.41, 5.74) is 7.52. The van der Waals surface area contributed by atoms with Gasteiger partial charge in [0, 0.05) is 18.0 Å². The van der Waals surface area contributed by atoms with Gasteiger partial charge in [-0.1, -0.05) is 6.07 Å². The molecule has 1 aromatic heterocycles. The summed E-state index contributed by atoms with van der Waals surface area (Å²) in [5, 5.41) is 10.5. The summed E-state index contributed by atoms with van der Waals surface area (Å²) in [4.78, 5) is 0. The van der Waals surface area contributed by atoms with Gasteiger partial charge < -0.3 is 24.7 Å². The first-order valence-corrected chi connectivity index (χ1v) is 7.01. The molecule has 2 unspecified atom stereocenters. The number of fused-ring (bicyclic) bond motifs is 1. The van der Waals surface area contributed by atoms with E-state index in [1.54, 1.807) is 6.26 Å². The summed E-state index contributed by atoms with van der Waals surface area (Å²) >= 11 is 0. The summed E-state index contributed by atoms with van der Waals surface area (Å²) in [5.74, 6) is 1.97. The molecule has 0 fully saturated rings. The molecule has 5 nitrogen and oxygen atoms in total. The molecule has 2 heterocycles. The zero-order chi connectivity index (χ0) is 14.8.